The van der Waals surface area contributed by atoms with Crippen LogP contribution in [0.25, 0.3) is 11.3 Å². The molecule has 0 unspecified atom stereocenters. The van der Waals surface area contributed by atoms with E-state index in [1.807, 2.05) is 52.0 Å². The molecule has 0 aliphatic carbocycles. The van der Waals surface area contributed by atoms with Crippen molar-refractivity contribution in [3.8, 4) is 11.3 Å². The molecule has 7 nitrogen and oxygen atoms in total. The van der Waals surface area contributed by atoms with Gasteiger partial charge in [-0.25, -0.2) is 4.79 Å². The molecule has 1 aliphatic rings. The minimum absolute atomic E-state index is 0.251. The molecule has 2 heterocycles. The van der Waals surface area contributed by atoms with E-state index in [-0.39, 0.29) is 12.1 Å². The average Bonchev–Trinajstić information content (AvgIpc) is 3.03. The summed E-state index contributed by atoms with van der Waals surface area (Å²) in [4.78, 5) is 28.9. The number of amides is 2. The first-order chi connectivity index (χ1) is 13.6. The molecule has 2 aromatic rings. The topological polar surface area (TPSA) is 100 Å². The van der Waals surface area contributed by atoms with Gasteiger partial charge in [0.25, 0.3) is 5.91 Å². The van der Waals surface area contributed by atoms with Gasteiger partial charge in [-0.2, -0.15) is 0 Å². The number of anilines is 1. The molecule has 0 spiro atoms. The Balaban J connectivity index is 1.68. The van der Waals surface area contributed by atoms with Gasteiger partial charge in [0.05, 0.1) is 5.56 Å². The Hall–Kier alpha value is -2.96. The number of hydrogen-bond acceptors (Lipinski definition) is 4. The van der Waals surface area contributed by atoms with Crippen LogP contribution < -0.4 is 11.1 Å². The molecule has 2 amide bonds. The molecular weight excluding hydrogens is 368 g/mol. The number of H-pyrrole nitrogens is 1. The molecular formula is C22H30N4O3. The van der Waals surface area contributed by atoms with Gasteiger partial charge in [0.1, 0.15) is 5.60 Å². The van der Waals surface area contributed by atoms with Crippen molar-refractivity contribution in [3.63, 3.8) is 0 Å². The number of benzene rings is 1. The molecule has 0 bridgehead atoms. The van der Waals surface area contributed by atoms with Gasteiger partial charge in [-0.15, -0.1) is 0 Å². The van der Waals surface area contributed by atoms with E-state index in [1.165, 1.54) is 0 Å². The van der Waals surface area contributed by atoms with Crippen LogP contribution in [-0.2, 0) is 4.74 Å². The number of carbonyl (C=O) groups is 2. The predicted octanol–water partition coefficient (Wildman–Crippen LogP) is 3.90. The Kier molecular flexibility index (Phi) is 5.86. The van der Waals surface area contributed by atoms with E-state index >= 15 is 0 Å². The second kappa shape index (κ2) is 8.19. The number of rotatable bonds is 4. The highest BCUT2D eigenvalue weighted by Crippen LogP contribution is 2.30. The van der Waals surface area contributed by atoms with Crippen molar-refractivity contribution in [1.29, 1.82) is 0 Å². The molecule has 0 saturated carbocycles. The molecule has 4 N–H and O–H groups in total. The number of likely N-dealkylation sites (tertiary alicyclic amines) is 1. The van der Waals surface area contributed by atoms with Gasteiger partial charge in [-0.05, 0) is 52.7 Å². The molecule has 1 aromatic carbocycles. The lowest BCUT2D eigenvalue weighted by atomic mass is 10.0. The van der Waals surface area contributed by atoms with Crippen LogP contribution in [0, 0.1) is 6.92 Å². The van der Waals surface area contributed by atoms with Crippen molar-refractivity contribution < 1.29 is 14.3 Å². The van der Waals surface area contributed by atoms with Crippen LogP contribution in [0.2, 0.25) is 0 Å². The summed E-state index contributed by atoms with van der Waals surface area (Å²) >= 11 is 0. The summed E-state index contributed by atoms with van der Waals surface area (Å²) in [5.41, 5.74) is 9.05. The van der Waals surface area contributed by atoms with Crippen molar-refractivity contribution in [2.45, 2.75) is 52.2 Å². The fourth-order valence-electron chi connectivity index (χ4n) is 3.56. The summed E-state index contributed by atoms with van der Waals surface area (Å²) in [7, 11) is 0. The van der Waals surface area contributed by atoms with Crippen molar-refractivity contribution in [2.24, 2.45) is 5.73 Å². The molecule has 0 radical (unpaired) electrons. The van der Waals surface area contributed by atoms with Crippen LogP contribution in [0.4, 0.5) is 10.5 Å². The predicted molar refractivity (Wildman–Crippen MR) is 114 cm³/mol. The van der Waals surface area contributed by atoms with E-state index in [0.717, 1.165) is 35.5 Å². The highest BCUT2D eigenvalue weighted by Gasteiger charge is 2.27. The number of carbonyl (C=O) groups excluding carboxylic acids is 2. The smallest absolute Gasteiger partial charge is 0.410 e. The number of aryl methyl sites for hydroxylation is 1. The molecule has 1 saturated heterocycles. The Morgan fingerprint density at radius 1 is 1.21 bits per heavy atom. The number of nitrogens with two attached hydrogens (primary N) is 1. The minimum atomic E-state index is -0.483. The molecule has 1 fully saturated rings. The van der Waals surface area contributed by atoms with Gasteiger partial charge < -0.3 is 25.7 Å². The molecule has 156 valence electrons. The van der Waals surface area contributed by atoms with Crippen LogP contribution >= 0.6 is 0 Å². The number of para-hydroxylation sites is 1. The maximum absolute atomic E-state index is 12.2. The highest BCUT2D eigenvalue weighted by molar-refractivity contribution is 5.96. The van der Waals surface area contributed by atoms with Gasteiger partial charge in [-0.3, -0.25) is 4.79 Å². The van der Waals surface area contributed by atoms with Crippen LogP contribution in [0.3, 0.4) is 0 Å². The number of hydrogen-bond donors (Lipinski definition) is 3. The highest BCUT2D eigenvalue weighted by atomic mass is 16.6. The Bertz CT molecular complexity index is 890. The normalized spacial score (nSPS) is 15.2. The Morgan fingerprint density at radius 3 is 2.45 bits per heavy atom. The number of ether oxygens (including phenoxy) is 1. The van der Waals surface area contributed by atoms with Gasteiger partial charge in [-0.1, -0.05) is 18.2 Å². The van der Waals surface area contributed by atoms with E-state index < -0.39 is 11.5 Å². The zero-order valence-corrected chi connectivity index (χ0v) is 17.5. The number of primary amides is 1. The van der Waals surface area contributed by atoms with Gasteiger partial charge in [0, 0.05) is 41.8 Å². The molecule has 3 rings (SSSR count). The largest absolute Gasteiger partial charge is 0.444 e. The third kappa shape index (κ3) is 5.10. The molecule has 1 aliphatic heterocycles. The van der Waals surface area contributed by atoms with E-state index in [4.69, 9.17) is 10.5 Å². The van der Waals surface area contributed by atoms with Crippen LogP contribution in [0.5, 0.6) is 0 Å². The summed E-state index contributed by atoms with van der Waals surface area (Å²) in [5.74, 6) is -0.440. The summed E-state index contributed by atoms with van der Waals surface area (Å²) in [6.45, 7) is 8.78. The number of aromatic nitrogens is 1. The molecule has 0 atom stereocenters. The maximum Gasteiger partial charge on any atom is 0.410 e. The molecule has 29 heavy (non-hydrogen) atoms. The van der Waals surface area contributed by atoms with Crippen molar-refractivity contribution >= 4 is 17.7 Å². The summed E-state index contributed by atoms with van der Waals surface area (Å²) in [6.07, 6.45) is 1.42. The van der Waals surface area contributed by atoms with E-state index in [2.05, 4.69) is 10.3 Å². The lowest BCUT2D eigenvalue weighted by Gasteiger charge is -2.34. The van der Waals surface area contributed by atoms with Crippen LogP contribution in [0.15, 0.2) is 30.3 Å². The van der Waals surface area contributed by atoms with Crippen molar-refractivity contribution in [1.82, 2.24) is 9.88 Å². The van der Waals surface area contributed by atoms with E-state index in [9.17, 15) is 9.59 Å². The SMILES string of the molecule is Cc1[nH]c(-c2ccccc2NC2CCN(C(=O)OC(C)(C)C)CC2)cc1C(N)=O. The second-order valence-electron chi connectivity index (χ2n) is 8.52. The van der Waals surface area contributed by atoms with Gasteiger partial charge in [0.15, 0.2) is 0 Å². The first kappa shape index (κ1) is 20.8. The van der Waals surface area contributed by atoms with Crippen molar-refractivity contribution in [2.75, 3.05) is 18.4 Å². The van der Waals surface area contributed by atoms with Crippen LogP contribution in [0.1, 0.15) is 49.7 Å². The quantitative estimate of drug-likeness (QED) is 0.727. The number of aromatic amines is 1. The minimum Gasteiger partial charge on any atom is -0.444 e. The fourth-order valence-corrected chi connectivity index (χ4v) is 3.56. The standard InChI is InChI=1S/C22H30N4O3/c1-14-17(20(23)27)13-19(24-14)16-7-5-6-8-18(16)25-15-9-11-26(12-10-15)21(28)29-22(2,3)4/h5-8,13,15,24-25H,9-12H2,1-4H3,(H2,23,27). The monoisotopic (exact) mass is 398 g/mol. The lowest BCUT2D eigenvalue weighted by Crippen LogP contribution is -2.44. The summed E-state index contributed by atoms with van der Waals surface area (Å²) in [5, 5.41) is 3.60. The Labute approximate surface area is 171 Å². The Morgan fingerprint density at radius 2 is 1.86 bits per heavy atom. The maximum atomic E-state index is 12.2. The number of piperidine rings is 1. The van der Waals surface area contributed by atoms with Gasteiger partial charge >= 0.3 is 6.09 Å². The zero-order chi connectivity index (χ0) is 21.2. The fraction of sp³-hybridized carbons (Fsp3) is 0.455. The number of nitrogens with one attached hydrogen (secondary N) is 2. The summed E-state index contributed by atoms with van der Waals surface area (Å²) in [6, 6.07) is 10.0. The number of nitrogens with zero attached hydrogens (tertiary/aromatic N) is 1. The average molecular weight is 399 g/mol. The zero-order valence-electron chi connectivity index (χ0n) is 17.5. The van der Waals surface area contributed by atoms with E-state index in [0.29, 0.717) is 18.7 Å². The molecule has 7 heteroatoms. The first-order valence-electron chi connectivity index (χ1n) is 9.97. The third-order valence-electron chi connectivity index (χ3n) is 5.00. The molecule has 1 aromatic heterocycles. The van der Waals surface area contributed by atoms with Crippen LogP contribution in [-0.4, -0.2) is 46.6 Å². The van der Waals surface area contributed by atoms with Crippen molar-refractivity contribution in [3.05, 3.63) is 41.6 Å². The van der Waals surface area contributed by atoms with Gasteiger partial charge in [0.2, 0.25) is 0 Å². The first-order valence-corrected chi connectivity index (χ1v) is 9.97. The third-order valence-corrected chi connectivity index (χ3v) is 5.00. The lowest BCUT2D eigenvalue weighted by molar-refractivity contribution is 0.0210. The second-order valence-corrected chi connectivity index (χ2v) is 8.52. The van der Waals surface area contributed by atoms with E-state index in [1.54, 1.807) is 11.0 Å². The summed E-state index contributed by atoms with van der Waals surface area (Å²) < 4.78 is 5.47.